The van der Waals surface area contributed by atoms with E-state index in [1.807, 2.05) is 13.0 Å². The molecular formula is C21H23Cl2N3O4. The molecule has 4 N–H and O–H groups in total. The van der Waals surface area contributed by atoms with Gasteiger partial charge in [-0.3, -0.25) is 15.0 Å². The van der Waals surface area contributed by atoms with Crippen molar-refractivity contribution in [2.24, 2.45) is 5.73 Å². The summed E-state index contributed by atoms with van der Waals surface area (Å²) in [5, 5.41) is 10.5. The fourth-order valence-electron chi connectivity index (χ4n) is 3.00. The van der Waals surface area contributed by atoms with Gasteiger partial charge in [0.25, 0.3) is 5.91 Å². The lowest BCUT2D eigenvalue weighted by atomic mass is 10.0. The normalized spacial score (nSPS) is 14.5. The summed E-state index contributed by atoms with van der Waals surface area (Å²) in [5.74, 6) is -0.120. The highest BCUT2D eigenvalue weighted by atomic mass is 35.5. The van der Waals surface area contributed by atoms with Crippen LogP contribution in [0.3, 0.4) is 0 Å². The topological polar surface area (TPSA) is 114 Å². The van der Waals surface area contributed by atoms with E-state index in [1.165, 1.54) is 12.1 Å². The Morgan fingerprint density at radius 2 is 2.07 bits per heavy atom. The quantitative estimate of drug-likeness (QED) is 0.344. The number of carbonyl (C=O) groups excluding carboxylic acids is 2. The number of rotatable bonds is 6. The fourth-order valence-corrected chi connectivity index (χ4v) is 3.27. The van der Waals surface area contributed by atoms with E-state index in [-0.39, 0.29) is 40.7 Å². The van der Waals surface area contributed by atoms with E-state index in [1.54, 1.807) is 18.2 Å². The largest absolute Gasteiger partial charge is 0.454 e. The summed E-state index contributed by atoms with van der Waals surface area (Å²) >= 11 is 6.16. The number of hydrogen-bond acceptors (Lipinski definition) is 5. The Morgan fingerprint density at radius 3 is 2.73 bits per heavy atom. The van der Waals surface area contributed by atoms with Crippen molar-refractivity contribution in [2.75, 3.05) is 5.32 Å². The number of nitrogens with two attached hydrogens (primary N) is 1. The number of amides is 1. The van der Waals surface area contributed by atoms with E-state index in [0.29, 0.717) is 36.3 Å². The first kappa shape index (κ1) is 23.5. The van der Waals surface area contributed by atoms with Crippen LogP contribution in [-0.4, -0.2) is 24.0 Å². The minimum atomic E-state index is -0.583. The van der Waals surface area contributed by atoms with Crippen molar-refractivity contribution in [3.8, 4) is 5.75 Å². The molecule has 0 bridgehead atoms. The molecule has 7 nitrogen and oxygen atoms in total. The summed E-state index contributed by atoms with van der Waals surface area (Å²) in [7, 11) is 0. The van der Waals surface area contributed by atoms with Crippen molar-refractivity contribution in [3.63, 3.8) is 0 Å². The van der Waals surface area contributed by atoms with Crippen LogP contribution in [0.4, 0.5) is 5.69 Å². The lowest BCUT2D eigenvalue weighted by molar-refractivity contribution is -0.165. The van der Waals surface area contributed by atoms with Gasteiger partial charge in [0.2, 0.25) is 6.29 Å². The van der Waals surface area contributed by atoms with Gasteiger partial charge in [0.05, 0.1) is 10.6 Å². The second kappa shape index (κ2) is 10.3. The van der Waals surface area contributed by atoms with Crippen molar-refractivity contribution in [3.05, 3.63) is 58.1 Å². The number of ether oxygens (including phenoxy) is 2. The van der Waals surface area contributed by atoms with E-state index in [4.69, 9.17) is 32.2 Å². The fraction of sp³-hybridized carbons (Fsp3) is 0.286. The molecule has 0 fully saturated rings. The molecule has 0 radical (unpaired) electrons. The Balaban J connectivity index is 0.00000320. The number of carbonyl (C=O) groups is 2. The maximum absolute atomic E-state index is 12.5. The van der Waals surface area contributed by atoms with Gasteiger partial charge < -0.3 is 20.5 Å². The predicted octanol–water partition coefficient (Wildman–Crippen LogP) is 4.29. The van der Waals surface area contributed by atoms with Crippen molar-refractivity contribution in [1.82, 2.24) is 0 Å². The van der Waals surface area contributed by atoms with Crippen LogP contribution in [0.25, 0.3) is 0 Å². The van der Waals surface area contributed by atoms with Crippen LogP contribution in [0.1, 0.15) is 47.7 Å². The lowest BCUT2D eigenvalue weighted by Gasteiger charge is -2.26. The van der Waals surface area contributed by atoms with Gasteiger partial charge in [0.15, 0.2) is 0 Å². The molecule has 1 aliphatic heterocycles. The molecular weight excluding hydrogens is 429 g/mol. The number of aryl methyl sites for hydroxylation is 1. The van der Waals surface area contributed by atoms with Gasteiger partial charge in [-0.05, 0) is 48.7 Å². The Morgan fingerprint density at radius 1 is 1.30 bits per heavy atom. The summed E-state index contributed by atoms with van der Waals surface area (Å²) in [4.78, 5) is 24.2. The standard InChI is InChI=1S/C21H22ClN3O4.ClH/c1-2-3-18(26)29-19-9-5-12-10-14(6-8-17(12)28-19)25-21(27)15-7-4-13(20(23)24)11-16(15)22;/h4,6-8,10-11,19H,2-3,5,9H2,1H3,(H3,23,24)(H,25,27);1H. The third-order valence-corrected chi connectivity index (χ3v) is 4.78. The number of hydrogen-bond donors (Lipinski definition) is 3. The second-order valence-corrected chi connectivity index (χ2v) is 7.12. The summed E-state index contributed by atoms with van der Waals surface area (Å²) < 4.78 is 11.1. The van der Waals surface area contributed by atoms with Crippen LogP contribution in [0, 0.1) is 5.41 Å². The minimum Gasteiger partial charge on any atom is -0.454 e. The van der Waals surface area contributed by atoms with Gasteiger partial charge in [-0.1, -0.05) is 24.6 Å². The molecule has 0 aliphatic carbocycles. The Bertz CT molecular complexity index is 965. The predicted molar refractivity (Wildman–Crippen MR) is 118 cm³/mol. The summed E-state index contributed by atoms with van der Waals surface area (Å²) in [6, 6.07) is 9.87. The Kier molecular flexibility index (Phi) is 8.08. The highest BCUT2D eigenvalue weighted by Gasteiger charge is 2.23. The number of amidine groups is 1. The molecule has 1 heterocycles. The monoisotopic (exact) mass is 451 g/mol. The minimum absolute atomic E-state index is 0. The molecule has 0 spiro atoms. The molecule has 30 heavy (non-hydrogen) atoms. The van der Waals surface area contributed by atoms with Gasteiger partial charge in [-0.25, -0.2) is 0 Å². The molecule has 0 aromatic heterocycles. The SMILES string of the molecule is CCCC(=O)OC1CCc2cc(NC(=O)c3ccc(C(=N)N)cc3Cl)ccc2O1.Cl. The maximum Gasteiger partial charge on any atom is 0.308 e. The highest BCUT2D eigenvalue weighted by molar-refractivity contribution is 6.34. The summed E-state index contributed by atoms with van der Waals surface area (Å²) in [6.07, 6.45) is 1.73. The lowest BCUT2D eigenvalue weighted by Crippen LogP contribution is -2.28. The molecule has 3 rings (SSSR count). The number of esters is 1. The number of anilines is 1. The number of nitrogen functional groups attached to an aromatic ring is 1. The molecule has 0 saturated heterocycles. The average Bonchev–Trinajstić information content (AvgIpc) is 2.68. The van der Waals surface area contributed by atoms with Crippen LogP contribution >= 0.6 is 24.0 Å². The van der Waals surface area contributed by atoms with Crippen LogP contribution in [0.5, 0.6) is 5.75 Å². The Hall–Kier alpha value is -2.77. The number of fused-ring (bicyclic) bond motifs is 1. The zero-order chi connectivity index (χ0) is 21.0. The number of benzene rings is 2. The van der Waals surface area contributed by atoms with Crippen molar-refractivity contribution >= 4 is 47.4 Å². The van der Waals surface area contributed by atoms with E-state index in [9.17, 15) is 9.59 Å². The van der Waals surface area contributed by atoms with E-state index >= 15 is 0 Å². The van der Waals surface area contributed by atoms with Crippen molar-refractivity contribution < 1.29 is 19.1 Å². The molecule has 160 valence electrons. The average molecular weight is 452 g/mol. The Labute approximate surface area is 185 Å². The maximum atomic E-state index is 12.5. The van der Waals surface area contributed by atoms with Gasteiger partial charge in [-0.15, -0.1) is 12.4 Å². The second-order valence-electron chi connectivity index (χ2n) is 6.71. The van der Waals surface area contributed by atoms with Crippen LogP contribution in [-0.2, 0) is 16.0 Å². The molecule has 1 aliphatic rings. The zero-order valence-corrected chi connectivity index (χ0v) is 17.9. The van der Waals surface area contributed by atoms with Gasteiger partial charge in [0, 0.05) is 24.1 Å². The number of nitrogens with one attached hydrogen (secondary N) is 2. The van der Waals surface area contributed by atoms with E-state index < -0.39 is 6.29 Å². The molecule has 1 amide bonds. The third-order valence-electron chi connectivity index (χ3n) is 4.47. The van der Waals surface area contributed by atoms with Crippen LogP contribution in [0.2, 0.25) is 5.02 Å². The van der Waals surface area contributed by atoms with Gasteiger partial charge in [-0.2, -0.15) is 0 Å². The van der Waals surface area contributed by atoms with E-state index in [2.05, 4.69) is 5.32 Å². The first-order chi connectivity index (χ1) is 13.9. The van der Waals surface area contributed by atoms with E-state index in [0.717, 1.165) is 12.0 Å². The van der Waals surface area contributed by atoms with Crippen molar-refractivity contribution in [1.29, 1.82) is 5.41 Å². The first-order valence-electron chi connectivity index (χ1n) is 9.31. The molecule has 2 aromatic carbocycles. The summed E-state index contributed by atoms with van der Waals surface area (Å²) in [5.41, 5.74) is 7.69. The number of halogens is 2. The van der Waals surface area contributed by atoms with Gasteiger partial charge >= 0.3 is 5.97 Å². The molecule has 2 aromatic rings. The first-order valence-corrected chi connectivity index (χ1v) is 9.69. The summed E-state index contributed by atoms with van der Waals surface area (Å²) in [6.45, 7) is 1.92. The zero-order valence-electron chi connectivity index (χ0n) is 16.4. The third kappa shape index (κ3) is 5.64. The van der Waals surface area contributed by atoms with Crippen LogP contribution < -0.4 is 15.8 Å². The van der Waals surface area contributed by atoms with Crippen molar-refractivity contribution in [2.45, 2.75) is 38.9 Å². The van der Waals surface area contributed by atoms with Gasteiger partial charge in [0.1, 0.15) is 11.6 Å². The molecule has 0 saturated carbocycles. The molecule has 1 atom stereocenters. The smallest absolute Gasteiger partial charge is 0.308 e. The molecule has 9 heteroatoms. The highest BCUT2D eigenvalue weighted by Crippen LogP contribution is 2.31. The molecule has 1 unspecified atom stereocenters. The van der Waals surface area contributed by atoms with Crippen LogP contribution in [0.15, 0.2) is 36.4 Å².